The number of nitrogens with zero attached hydrogens (tertiary/aromatic N) is 1. The van der Waals surface area contributed by atoms with Gasteiger partial charge >= 0.3 is 0 Å². The molecule has 0 unspecified atom stereocenters. The molecule has 0 heterocycles. The van der Waals surface area contributed by atoms with Crippen molar-refractivity contribution in [2.45, 2.75) is 77.2 Å². The molecule has 0 spiro atoms. The molecule has 2 atom stereocenters. The highest BCUT2D eigenvalue weighted by molar-refractivity contribution is 7.80. The second kappa shape index (κ2) is 7.83. The quantitative estimate of drug-likeness (QED) is 0.460. The lowest BCUT2D eigenvalue weighted by Gasteiger charge is -2.30. The third-order valence-corrected chi connectivity index (χ3v) is 4.63. The van der Waals surface area contributed by atoms with Gasteiger partial charge in [0.05, 0.1) is 0 Å². The molecule has 3 nitrogen and oxygen atoms in total. The number of rotatable bonds is 2. The largest absolute Gasteiger partial charge is 0.358 e. The predicted octanol–water partition coefficient (Wildman–Crippen LogP) is 3.74. The van der Waals surface area contributed by atoms with E-state index in [4.69, 9.17) is 12.2 Å². The van der Waals surface area contributed by atoms with Crippen molar-refractivity contribution in [1.82, 2.24) is 10.7 Å². The summed E-state index contributed by atoms with van der Waals surface area (Å²) in [6.45, 7) is 2.32. The van der Waals surface area contributed by atoms with Crippen LogP contribution in [0.5, 0.6) is 0 Å². The molecule has 2 aliphatic carbocycles. The highest BCUT2D eigenvalue weighted by atomic mass is 32.1. The van der Waals surface area contributed by atoms with Crippen LogP contribution in [0.25, 0.3) is 0 Å². The molecule has 0 aliphatic heterocycles. The third-order valence-electron chi connectivity index (χ3n) is 4.42. The fourth-order valence-electron chi connectivity index (χ4n) is 3.11. The first-order valence-electron chi connectivity index (χ1n) is 7.87. The van der Waals surface area contributed by atoms with E-state index < -0.39 is 0 Å². The van der Waals surface area contributed by atoms with Gasteiger partial charge in [0.1, 0.15) is 0 Å². The van der Waals surface area contributed by atoms with Crippen LogP contribution in [0.3, 0.4) is 0 Å². The van der Waals surface area contributed by atoms with Gasteiger partial charge in [-0.05, 0) is 56.7 Å². The number of hydrazone groups is 1. The van der Waals surface area contributed by atoms with E-state index in [1.807, 2.05) is 0 Å². The zero-order valence-electron chi connectivity index (χ0n) is 12.1. The van der Waals surface area contributed by atoms with Gasteiger partial charge in [0, 0.05) is 11.8 Å². The summed E-state index contributed by atoms with van der Waals surface area (Å²) in [4.78, 5) is 0. The minimum atomic E-state index is 0.531. The topological polar surface area (TPSA) is 36.4 Å². The van der Waals surface area contributed by atoms with Crippen molar-refractivity contribution < 1.29 is 0 Å². The summed E-state index contributed by atoms with van der Waals surface area (Å²) in [6.07, 6.45) is 12.8. The molecular formula is C15H27N3S. The Morgan fingerprint density at radius 3 is 2.42 bits per heavy atom. The summed E-state index contributed by atoms with van der Waals surface area (Å²) in [5, 5.41) is 8.64. The van der Waals surface area contributed by atoms with Crippen LogP contribution in [0.1, 0.15) is 71.1 Å². The molecule has 2 saturated carbocycles. The Kier molecular flexibility index (Phi) is 6.08. The van der Waals surface area contributed by atoms with Gasteiger partial charge in [0.15, 0.2) is 5.11 Å². The van der Waals surface area contributed by atoms with E-state index in [2.05, 4.69) is 22.8 Å². The van der Waals surface area contributed by atoms with Gasteiger partial charge in [0.25, 0.3) is 0 Å². The molecule has 2 rings (SSSR count). The van der Waals surface area contributed by atoms with Crippen LogP contribution in [0.4, 0.5) is 0 Å². The van der Waals surface area contributed by atoms with Crippen LogP contribution in [-0.4, -0.2) is 16.9 Å². The first-order chi connectivity index (χ1) is 9.25. The summed E-state index contributed by atoms with van der Waals surface area (Å²) in [6, 6.07) is 0.531. The Morgan fingerprint density at radius 1 is 1.05 bits per heavy atom. The van der Waals surface area contributed by atoms with E-state index in [-0.39, 0.29) is 0 Å². The van der Waals surface area contributed by atoms with E-state index in [1.165, 1.54) is 57.1 Å². The van der Waals surface area contributed by atoms with Crippen molar-refractivity contribution in [3.63, 3.8) is 0 Å². The molecular weight excluding hydrogens is 254 g/mol. The maximum absolute atomic E-state index is 5.36. The second-order valence-corrected chi connectivity index (χ2v) is 6.45. The minimum Gasteiger partial charge on any atom is -0.358 e. The van der Waals surface area contributed by atoms with Gasteiger partial charge in [0.2, 0.25) is 0 Å². The number of nitrogens with one attached hydrogen (secondary N) is 2. The van der Waals surface area contributed by atoms with E-state index in [0.717, 1.165) is 18.8 Å². The van der Waals surface area contributed by atoms with Gasteiger partial charge < -0.3 is 5.32 Å². The second-order valence-electron chi connectivity index (χ2n) is 6.05. The Bertz CT molecular complexity index is 317. The third kappa shape index (κ3) is 5.09. The summed E-state index contributed by atoms with van der Waals surface area (Å²) in [7, 11) is 0. The lowest BCUT2D eigenvalue weighted by molar-refractivity contribution is 0.308. The fraction of sp³-hybridized carbons (Fsp3) is 0.867. The van der Waals surface area contributed by atoms with Crippen LogP contribution in [0.2, 0.25) is 0 Å². The fourth-order valence-corrected chi connectivity index (χ4v) is 3.31. The molecule has 108 valence electrons. The molecule has 0 aromatic carbocycles. The molecule has 0 amide bonds. The predicted molar refractivity (Wildman–Crippen MR) is 85.4 cm³/mol. The van der Waals surface area contributed by atoms with Crippen molar-refractivity contribution in [1.29, 1.82) is 0 Å². The van der Waals surface area contributed by atoms with Gasteiger partial charge in [-0.3, -0.25) is 5.43 Å². The van der Waals surface area contributed by atoms with Crippen LogP contribution in [0.15, 0.2) is 5.10 Å². The van der Waals surface area contributed by atoms with Gasteiger partial charge in [-0.25, -0.2) is 0 Å². The Hall–Kier alpha value is -0.640. The molecule has 19 heavy (non-hydrogen) atoms. The molecule has 4 heteroatoms. The van der Waals surface area contributed by atoms with E-state index in [0.29, 0.717) is 11.2 Å². The molecule has 2 N–H and O–H groups in total. The summed E-state index contributed by atoms with van der Waals surface area (Å²) < 4.78 is 0. The monoisotopic (exact) mass is 281 g/mol. The number of hydrogen-bond acceptors (Lipinski definition) is 2. The lowest BCUT2D eigenvalue weighted by atomic mass is 9.86. The van der Waals surface area contributed by atoms with Crippen molar-refractivity contribution >= 4 is 23.0 Å². The summed E-state index contributed by atoms with van der Waals surface area (Å²) in [5.74, 6) is 0.721. The molecule has 0 aromatic rings. The van der Waals surface area contributed by atoms with Gasteiger partial charge in [-0.15, -0.1) is 0 Å². The van der Waals surface area contributed by atoms with Crippen molar-refractivity contribution in [2.24, 2.45) is 11.0 Å². The normalized spacial score (nSPS) is 28.4. The van der Waals surface area contributed by atoms with Crippen LogP contribution < -0.4 is 10.7 Å². The summed E-state index contributed by atoms with van der Waals surface area (Å²) in [5.41, 5.74) is 4.35. The molecule has 2 aliphatic rings. The smallest absolute Gasteiger partial charge is 0.187 e. The van der Waals surface area contributed by atoms with Crippen molar-refractivity contribution in [3.8, 4) is 0 Å². The van der Waals surface area contributed by atoms with E-state index >= 15 is 0 Å². The molecule has 0 saturated heterocycles. The van der Waals surface area contributed by atoms with E-state index in [9.17, 15) is 0 Å². The molecule has 0 bridgehead atoms. The lowest BCUT2D eigenvalue weighted by Crippen LogP contribution is -2.44. The summed E-state index contributed by atoms with van der Waals surface area (Å²) >= 11 is 5.36. The molecule has 0 aromatic heterocycles. The highest BCUT2D eigenvalue weighted by Gasteiger charge is 2.21. The van der Waals surface area contributed by atoms with Gasteiger partial charge in [-0.2, -0.15) is 5.10 Å². The Labute approximate surface area is 122 Å². The van der Waals surface area contributed by atoms with Gasteiger partial charge in [-0.1, -0.05) is 32.6 Å². The number of hydrogen-bond donors (Lipinski definition) is 2. The number of thiocarbonyl (C=S) groups is 1. The maximum atomic E-state index is 5.36. The first kappa shape index (κ1) is 14.8. The zero-order chi connectivity index (χ0) is 13.5. The standard InChI is InChI=1S/C15H27N3S/c1-12-8-6-7-11-14(12)16-15(19)18-17-13-9-4-2-3-5-10-13/h12,14H,2-11H2,1H3,(H2,16,18,19)/t12-,14-/m0/s1. The SMILES string of the molecule is C[C@H]1CCCC[C@@H]1NC(=S)NN=C1CCCCCC1. The van der Waals surface area contributed by atoms with Crippen LogP contribution in [-0.2, 0) is 0 Å². The first-order valence-corrected chi connectivity index (χ1v) is 8.28. The Morgan fingerprint density at radius 2 is 1.74 bits per heavy atom. The maximum Gasteiger partial charge on any atom is 0.187 e. The Balaban J connectivity index is 1.75. The average molecular weight is 281 g/mol. The molecule has 2 fully saturated rings. The molecule has 0 radical (unpaired) electrons. The van der Waals surface area contributed by atoms with Crippen LogP contribution in [0, 0.1) is 5.92 Å². The highest BCUT2D eigenvalue weighted by Crippen LogP contribution is 2.23. The van der Waals surface area contributed by atoms with Crippen LogP contribution >= 0.6 is 12.2 Å². The minimum absolute atomic E-state index is 0.531. The zero-order valence-corrected chi connectivity index (χ0v) is 12.9. The van der Waals surface area contributed by atoms with Crippen molar-refractivity contribution in [3.05, 3.63) is 0 Å². The van der Waals surface area contributed by atoms with Crippen molar-refractivity contribution in [2.75, 3.05) is 0 Å². The van der Waals surface area contributed by atoms with E-state index in [1.54, 1.807) is 0 Å². The average Bonchev–Trinajstić information content (AvgIpc) is 2.68.